The lowest BCUT2D eigenvalue weighted by atomic mass is 9.87. The summed E-state index contributed by atoms with van der Waals surface area (Å²) in [6, 6.07) is 0. The highest BCUT2D eigenvalue weighted by Crippen LogP contribution is 2.21. The van der Waals surface area contributed by atoms with Gasteiger partial charge in [-0.1, -0.05) is 145 Å². The van der Waals surface area contributed by atoms with Crippen molar-refractivity contribution >= 4 is 58.8 Å². The molecule has 0 aliphatic heterocycles. The quantitative estimate of drug-likeness (QED) is 0.0548. The lowest BCUT2D eigenvalue weighted by molar-refractivity contribution is -0.161. The number of carboxylic acid groups (broad SMARTS) is 1. The summed E-state index contributed by atoms with van der Waals surface area (Å²) in [6.07, 6.45) is 6.44. The Hall–Kier alpha value is -4.60. The van der Waals surface area contributed by atoms with E-state index in [0.29, 0.717) is 12.8 Å². The van der Waals surface area contributed by atoms with E-state index in [1.807, 2.05) is 104 Å². The maximum absolute atomic E-state index is 11.6. The van der Waals surface area contributed by atoms with Crippen LogP contribution < -0.4 is 0 Å². The van der Waals surface area contributed by atoms with E-state index in [0.717, 1.165) is 25.7 Å². The van der Waals surface area contributed by atoms with Gasteiger partial charge in [0.2, 0.25) is 0 Å². The number of ether oxygens (including phenoxy) is 4. The van der Waals surface area contributed by atoms with Gasteiger partial charge in [-0.05, 0) is 44.6 Å². The van der Waals surface area contributed by atoms with Crippen molar-refractivity contribution in [1.29, 1.82) is 0 Å². The zero-order valence-corrected chi connectivity index (χ0v) is 48.8. The third kappa shape index (κ3) is 43.0. The molecule has 0 rings (SSSR count). The van der Waals surface area contributed by atoms with Crippen LogP contribution in [-0.4, -0.2) is 101 Å². The smallest absolute Gasteiger partial charge is 0.335 e. The average molecular weight is 1030 g/mol. The largest absolute Gasteiger partial charge is 0.481 e. The molecule has 0 bridgehead atoms. The molecule has 16 heteroatoms. The topological polar surface area (TPSA) is 248 Å². The second kappa shape index (κ2) is 38.0. The van der Waals surface area contributed by atoms with Gasteiger partial charge >= 0.3 is 29.8 Å². The van der Waals surface area contributed by atoms with Crippen LogP contribution in [0.25, 0.3) is 0 Å². The third-order valence-corrected chi connectivity index (χ3v) is 10.6. The number of carbonyl (C=O) groups is 10. The molecule has 0 saturated carbocycles. The van der Waals surface area contributed by atoms with Gasteiger partial charge in [0.1, 0.15) is 41.4 Å². The highest BCUT2D eigenvalue weighted by Gasteiger charge is 2.29. The number of aliphatic carboxylic acids is 1. The van der Waals surface area contributed by atoms with Crippen molar-refractivity contribution in [2.45, 2.75) is 253 Å². The highest BCUT2D eigenvalue weighted by atomic mass is 16.6. The lowest BCUT2D eigenvalue weighted by Gasteiger charge is -2.20. The fraction of sp³-hybridized carbons (Fsp3) is 0.786. The molecule has 2 N–H and O–H groups in total. The molecule has 16 nitrogen and oxygen atoms in total. The Morgan fingerprint density at radius 3 is 1.04 bits per heavy atom. The van der Waals surface area contributed by atoms with Gasteiger partial charge in [0.05, 0.1) is 26.4 Å². The first kappa shape index (κ1) is 76.3. The summed E-state index contributed by atoms with van der Waals surface area (Å²) in [6.45, 7) is 38.9. The number of carbonyl (C=O) groups excluding carboxylic acids is 9. The number of carboxylic acids is 1. The Morgan fingerprint density at radius 1 is 0.417 bits per heavy atom. The lowest BCUT2D eigenvalue weighted by Crippen LogP contribution is -2.33. The molecule has 0 fully saturated rings. The number of methoxy groups -OCH3 is 1. The van der Waals surface area contributed by atoms with Crippen molar-refractivity contribution < 1.29 is 77.1 Å². The molecule has 1 atom stereocenters. The minimum absolute atomic E-state index is 0.0000926. The fourth-order valence-electron chi connectivity index (χ4n) is 4.89. The summed E-state index contributed by atoms with van der Waals surface area (Å²) >= 11 is 0. The van der Waals surface area contributed by atoms with Gasteiger partial charge in [-0.3, -0.25) is 38.4 Å². The predicted octanol–water partition coefficient (Wildman–Crippen LogP) is 11.1. The summed E-state index contributed by atoms with van der Waals surface area (Å²) in [7, 11) is 1.32. The van der Waals surface area contributed by atoms with Crippen LogP contribution in [0.1, 0.15) is 229 Å². The van der Waals surface area contributed by atoms with Crippen LogP contribution in [0.3, 0.4) is 0 Å². The van der Waals surface area contributed by atoms with Crippen LogP contribution in [0.15, 0.2) is 12.2 Å². The molecule has 0 unspecified atom stereocenters. The van der Waals surface area contributed by atoms with Crippen molar-refractivity contribution in [2.75, 3.05) is 7.11 Å². The van der Waals surface area contributed by atoms with E-state index in [1.54, 1.807) is 41.5 Å². The second-order valence-corrected chi connectivity index (χ2v) is 22.5. The molecule has 0 amide bonds. The number of esters is 4. The van der Waals surface area contributed by atoms with Crippen molar-refractivity contribution in [3.8, 4) is 0 Å². The van der Waals surface area contributed by atoms with Crippen molar-refractivity contribution in [3.63, 3.8) is 0 Å². The van der Waals surface area contributed by atoms with Gasteiger partial charge in [-0.2, -0.15) is 0 Å². The van der Waals surface area contributed by atoms with Crippen LogP contribution in [0, 0.1) is 27.1 Å². The average Bonchev–Trinajstić information content (AvgIpc) is 3.27. The summed E-state index contributed by atoms with van der Waals surface area (Å²) < 4.78 is 19.9. The zero-order valence-electron chi connectivity index (χ0n) is 48.8. The van der Waals surface area contributed by atoms with Gasteiger partial charge in [-0.15, -0.1) is 0 Å². The number of hydrogen-bond acceptors (Lipinski definition) is 15. The Bertz CT molecular complexity index is 1680. The number of rotatable bonds is 23. The second-order valence-electron chi connectivity index (χ2n) is 22.5. The molecule has 72 heavy (non-hydrogen) atoms. The molecule has 0 aliphatic rings. The van der Waals surface area contributed by atoms with Crippen molar-refractivity contribution in [2.24, 2.45) is 27.1 Å². The molecule has 0 aromatic heterocycles. The SMILES string of the molecule is CC(C)(C)C(=O)CCC(=O)O.CCC(CC)OC(=O)/C=C/C(=O)C(C)(C)C.CCC(CC)OC(=O)CCC(=O)C(C)(C)C.CCC(CC)OC(=O)[C@@H](O)CC(=O)C(C)(C)C.COC(=O)CCC(=O)C(C)(C)C. The van der Waals surface area contributed by atoms with Crippen molar-refractivity contribution in [3.05, 3.63) is 12.2 Å². The first-order valence-corrected chi connectivity index (χ1v) is 25.5. The van der Waals surface area contributed by atoms with Crippen LogP contribution in [-0.2, 0) is 66.9 Å². The summed E-state index contributed by atoms with van der Waals surface area (Å²) in [4.78, 5) is 112. The fourth-order valence-corrected chi connectivity index (χ4v) is 4.89. The Kier molecular flexibility index (Phi) is 40.3. The molecular formula is C56H100O16. The van der Waals surface area contributed by atoms with Crippen LogP contribution >= 0.6 is 0 Å². The van der Waals surface area contributed by atoms with Crippen molar-refractivity contribution in [1.82, 2.24) is 0 Å². The number of allylic oxidation sites excluding steroid dienone is 1. The number of aliphatic hydroxyl groups excluding tert-OH is 1. The van der Waals surface area contributed by atoms with Gasteiger partial charge < -0.3 is 29.2 Å². The Balaban J connectivity index is -0.000000262. The normalized spacial score (nSPS) is 12.0. The summed E-state index contributed by atoms with van der Waals surface area (Å²) in [5.41, 5.74) is -2.12. The molecule has 0 aliphatic carbocycles. The third-order valence-electron chi connectivity index (χ3n) is 10.6. The Morgan fingerprint density at radius 2 is 0.736 bits per heavy atom. The molecule has 0 saturated heterocycles. The molecule has 0 spiro atoms. The van der Waals surface area contributed by atoms with Crippen LogP contribution in [0.2, 0.25) is 0 Å². The molecule has 0 heterocycles. The Labute approximate surface area is 434 Å². The van der Waals surface area contributed by atoms with Gasteiger partial charge in [0, 0.05) is 58.8 Å². The zero-order chi connectivity index (χ0) is 58.0. The summed E-state index contributed by atoms with van der Waals surface area (Å²) in [5.74, 6) is -2.66. The monoisotopic (exact) mass is 1030 g/mol. The highest BCUT2D eigenvalue weighted by molar-refractivity contribution is 5.98. The molecule has 0 radical (unpaired) electrons. The van der Waals surface area contributed by atoms with Gasteiger partial charge in [-0.25, -0.2) is 9.59 Å². The van der Waals surface area contributed by atoms with Crippen LogP contribution in [0.5, 0.6) is 0 Å². The first-order valence-electron chi connectivity index (χ1n) is 25.5. The van der Waals surface area contributed by atoms with Gasteiger partial charge in [0.25, 0.3) is 0 Å². The van der Waals surface area contributed by atoms with E-state index >= 15 is 0 Å². The number of ketones is 5. The number of aliphatic hydroxyl groups is 1. The maximum atomic E-state index is 11.6. The minimum atomic E-state index is -1.35. The van der Waals surface area contributed by atoms with E-state index in [-0.39, 0.29) is 115 Å². The molecule has 420 valence electrons. The molecule has 0 aromatic rings. The number of Topliss-reactive ketones (excluding diaryl/α,β-unsaturated/α-hetero) is 4. The standard InChI is InChI=1S/C13H24O4.C13H24O3.C13H22O3.C9H16O3.C8H14O3/c1-6-9(7-2)17-12(16)10(14)8-11(15)13(3,4)5;2*1-6-10(7-2)16-12(15)9-8-11(14)13(3,4)5;1-9(2,3)7(10)5-6-8(11)12-4;1-8(2,3)6(9)4-5-7(10)11/h9-10,14H,6-8H2,1-5H3;10H,6-9H2,1-5H3;8-10H,6-7H2,1-5H3;5-6H2,1-4H3;4-5H2,1-3H3,(H,10,11)/b;;9-8+;;/t10-;;;;/m0..../s1. The number of hydrogen-bond donors (Lipinski definition) is 2. The first-order chi connectivity index (χ1) is 32.5. The predicted molar refractivity (Wildman–Crippen MR) is 281 cm³/mol. The molecule has 0 aromatic carbocycles. The van der Waals surface area contributed by atoms with Gasteiger partial charge in [0.15, 0.2) is 11.9 Å². The maximum Gasteiger partial charge on any atom is 0.335 e. The van der Waals surface area contributed by atoms with E-state index < -0.39 is 40.3 Å². The van der Waals surface area contributed by atoms with E-state index in [9.17, 15) is 53.1 Å². The van der Waals surface area contributed by atoms with E-state index in [1.165, 1.54) is 19.3 Å². The summed E-state index contributed by atoms with van der Waals surface area (Å²) in [5, 5.41) is 17.9. The van der Waals surface area contributed by atoms with E-state index in [2.05, 4.69) is 4.74 Å². The minimum Gasteiger partial charge on any atom is -0.481 e. The molecular weight excluding hydrogens is 929 g/mol. The van der Waals surface area contributed by atoms with E-state index in [4.69, 9.17) is 19.3 Å². The van der Waals surface area contributed by atoms with Crippen LogP contribution in [0.4, 0.5) is 0 Å².